The zero-order valence-corrected chi connectivity index (χ0v) is 21.9. The predicted octanol–water partition coefficient (Wildman–Crippen LogP) is 4.77. The Labute approximate surface area is 213 Å². The van der Waals surface area contributed by atoms with Crippen LogP contribution >= 0.6 is 11.6 Å². The van der Waals surface area contributed by atoms with Crippen molar-refractivity contribution in [2.24, 2.45) is 5.41 Å². The Morgan fingerprint density at radius 3 is 2.60 bits per heavy atom. The fraction of sp³-hybridized carbons (Fsp3) is 0.654. The normalized spacial score (nSPS) is 23.0. The summed E-state index contributed by atoms with van der Waals surface area (Å²) in [5.74, 6) is 1.60. The van der Waals surface area contributed by atoms with Crippen LogP contribution in [0.5, 0.6) is 0 Å². The number of ether oxygens (including phenoxy) is 2. The monoisotopic (exact) mass is 502 g/mol. The highest BCUT2D eigenvalue weighted by Gasteiger charge is 2.27. The van der Waals surface area contributed by atoms with Gasteiger partial charge in [0.2, 0.25) is 0 Å². The molecule has 2 aliphatic rings. The molecule has 8 nitrogen and oxygen atoms in total. The number of nitrogens with one attached hydrogen (secondary N) is 3. The summed E-state index contributed by atoms with van der Waals surface area (Å²) in [6.07, 6.45) is 10.0. The summed E-state index contributed by atoms with van der Waals surface area (Å²) < 4.78 is 10.8. The van der Waals surface area contributed by atoms with Crippen LogP contribution < -0.4 is 16.0 Å². The molecule has 0 spiro atoms. The van der Waals surface area contributed by atoms with E-state index in [0.29, 0.717) is 23.1 Å². The highest BCUT2D eigenvalue weighted by atomic mass is 35.5. The number of anilines is 2. The molecule has 1 saturated carbocycles. The fourth-order valence-electron chi connectivity index (χ4n) is 5.00. The van der Waals surface area contributed by atoms with Gasteiger partial charge in [-0.05, 0) is 63.0 Å². The minimum absolute atomic E-state index is 0.206. The molecule has 0 radical (unpaired) electrons. The molecule has 0 aromatic carbocycles. The minimum Gasteiger partial charge on any atom is -0.383 e. The summed E-state index contributed by atoms with van der Waals surface area (Å²) >= 11 is 6.55. The van der Waals surface area contributed by atoms with Gasteiger partial charge in [-0.15, -0.1) is 5.10 Å². The van der Waals surface area contributed by atoms with E-state index in [1.54, 1.807) is 19.5 Å². The average Bonchev–Trinajstić information content (AvgIpc) is 2.86. The highest BCUT2D eigenvalue weighted by Crippen LogP contribution is 2.32. The summed E-state index contributed by atoms with van der Waals surface area (Å²) in [4.78, 5) is 4.54. The molecule has 1 aliphatic carbocycles. The van der Waals surface area contributed by atoms with Gasteiger partial charge in [0.15, 0.2) is 0 Å². The topological polar surface area (TPSA) is 93.2 Å². The zero-order valence-electron chi connectivity index (χ0n) is 21.1. The van der Waals surface area contributed by atoms with Crippen molar-refractivity contribution >= 4 is 23.2 Å². The molecule has 1 saturated heterocycles. The van der Waals surface area contributed by atoms with E-state index >= 15 is 0 Å². The van der Waals surface area contributed by atoms with Gasteiger partial charge in [-0.2, -0.15) is 5.10 Å². The van der Waals surface area contributed by atoms with Gasteiger partial charge in [0.25, 0.3) is 0 Å². The number of rotatable bonds is 10. The van der Waals surface area contributed by atoms with Crippen LogP contribution in [0.25, 0.3) is 11.1 Å². The van der Waals surface area contributed by atoms with Crippen molar-refractivity contribution in [3.63, 3.8) is 0 Å². The van der Waals surface area contributed by atoms with Crippen molar-refractivity contribution in [1.82, 2.24) is 20.5 Å². The van der Waals surface area contributed by atoms with E-state index in [-0.39, 0.29) is 5.41 Å². The Balaban J connectivity index is 1.36. The maximum absolute atomic E-state index is 6.55. The molecule has 2 fully saturated rings. The Hall–Kier alpha value is -2.00. The van der Waals surface area contributed by atoms with Crippen LogP contribution in [0.15, 0.2) is 24.5 Å². The van der Waals surface area contributed by atoms with Gasteiger partial charge in [0.1, 0.15) is 11.6 Å². The highest BCUT2D eigenvalue weighted by molar-refractivity contribution is 6.33. The number of hydrogen-bond donors (Lipinski definition) is 3. The summed E-state index contributed by atoms with van der Waals surface area (Å²) in [6.45, 7) is 7.68. The molecule has 192 valence electrons. The molecular formula is C26H39ClN6O2. The summed E-state index contributed by atoms with van der Waals surface area (Å²) in [5.41, 5.74) is 2.04. The molecule has 2 aromatic rings. The number of pyridine rings is 1. The Morgan fingerprint density at radius 1 is 1.11 bits per heavy atom. The quantitative estimate of drug-likeness (QED) is 0.428. The van der Waals surface area contributed by atoms with Gasteiger partial charge in [-0.3, -0.25) is 0 Å². The van der Waals surface area contributed by atoms with Crippen LogP contribution in [-0.4, -0.2) is 66.8 Å². The number of hydrogen-bond acceptors (Lipinski definition) is 8. The van der Waals surface area contributed by atoms with Crippen molar-refractivity contribution in [1.29, 1.82) is 0 Å². The van der Waals surface area contributed by atoms with Crippen LogP contribution in [0.2, 0.25) is 5.02 Å². The van der Waals surface area contributed by atoms with E-state index in [1.165, 1.54) is 0 Å². The maximum Gasteiger partial charge on any atom is 0.149 e. The minimum atomic E-state index is 0.206. The molecular weight excluding hydrogens is 464 g/mol. The van der Waals surface area contributed by atoms with Crippen LogP contribution in [-0.2, 0) is 9.47 Å². The number of nitrogens with zero attached hydrogens (tertiary/aromatic N) is 3. The first-order chi connectivity index (χ1) is 16.9. The molecule has 3 heterocycles. The second kappa shape index (κ2) is 12.3. The first-order valence-corrected chi connectivity index (χ1v) is 13.1. The van der Waals surface area contributed by atoms with E-state index in [4.69, 9.17) is 21.1 Å². The second-order valence-corrected chi connectivity index (χ2v) is 10.8. The van der Waals surface area contributed by atoms with Crippen molar-refractivity contribution in [3.8, 4) is 11.1 Å². The smallest absolute Gasteiger partial charge is 0.149 e. The third-order valence-electron chi connectivity index (χ3n) is 7.23. The molecule has 1 atom stereocenters. The molecule has 4 rings (SSSR count). The molecule has 0 amide bonds. The lowest BCUT2D eigenvalue weighted by atomic mass is 9.82. The largest absolute Gasteiger partial charge is 0.383 e. The van der Waals surface area contributed by atoms with E-state index in [9.17, 15) is 0 Å². The van der Waals surface area contributed by atoms with Crippen molar-refractivity contribution in [2.45, 2.75) is 70.5 Å². The van der Waals surface area contributed by atoms with Gasteiger partial charge in [-0.1, -0.05) is 18.5 Å². The average molecular weight is 503 g/mol. The van der Waals surface area contributed by atoms with Gasteiger partial charge in [-0.25, -0.2) is 4.98 Å². The molecule has 1 aliphatic heterocycles. The third kappa shape index (κ3) is 7.49. The third-order valence-corrected chi connectivity index (χ3v) is 7.53. The van der Waals surface area contributed by atoms with E-state index < -0.39 is 0 Å². The lowest BCUT2D eigenvalue weighted by Crippen LogP contribution is -2.42. The van der Waals surface area contributed by atoms with Crippen LogP contribution in [0.3, 0.4) is 0 Å². The zero-order chi connectivity index (χ0) is 24.7. The molecule has 0 bridgehead atoms. The van der Waals surface area contributed by atoms with Crippen LogP contribution in [0, 0.1) is 5.41 Å². The molecule has 1 unspecified atom stereocenters. The second-order valence-electron chi connectivity index (χ2n) is 10.4. The molecule has 9 heteroatoms. The Morgan fingerprint density at radius 2 is 1.86 bits per heavy atom. The van der Waals surface area contributed by atoms with Crippen molar-refractivity contribution < 1.29 is 9.47 Å². The predicted molar refractivity (Wildman–Crippen MR) is 141 cm³/mol. The van der Waals surface area contributed by atoms with Gasteiger partial charge >= 0.3 is 0 Å². The molecule has 35 heavy (non-hydrogen) atoms. The first kappa shape index (κ1) is 26.1. The first-order valence-electron chi connectivity index (χ1n) is 12.8. The van der Waals surface area contributed by atoms with Gasteiger partial charge < -0.3 is 25.4 Å². The van der Waals surface area contributed by atoms with Gasteiger partial charge in [0.05, 0.1) is 17.8 Å². The Bertz CT molecular complexity index is 947. The van der Waals surface area contributed by atoms with Crippen molar-refractivity contribution in [3.05, 3.63) is 29.5 Å². The summed E-state index contributed by atoms with van der Waals surface area (Å²) in [6, 6.07) is 5.36. The Kier molecular flexibility index (Phi) is 9.16. The summed E-state index contributed by atoms with van der Waals surface area (Å²) in [5, 5.41) is 19.9. The standard InChI is InChI=1S/C26H39ClN6O2/c1-18(16-34-3)31-20-4-6-21(7-5-20)32-24-13-22(23(27)15-28-24)19-12-25(33-30-14-19)29-17-26(2)8-10-35-11-9-26/h12-15,18,20-21,31H,4-11,16-17H2,1-3H3,(H,28,32)(H,29,33). The molecule has 2 aromatic heterocycles. The lowest BCUT2D eigenvalue weighted by Gasteiger charge is -2.33. The van der Waals surface area contributed by atoms with E-state index in [0.717, 1.165) is 87.7 Å². The van der Waals surface area contributed by atoms with E-state index in [1.807, 2.05) is 12.1 Å². The lowest BCUT2D eigenvalue weighted by molar-refractivity contribution is 0.0299. The number of halogens is 1. The fourth-order valence-corrected chi connectivity index (χ4v) is 5.21. The van der Waals surface area contributed by atoms with Crippen LogP contribution in [0.1, 0.15) is 52.4 Å². The number of methoxy groups -OCH3 is 1. The number of aromatic nitrogens is 3. The van der Waals surface area contributed by atoms with Crippen LogP contribution in [0.4, 0.5) is 11.6 Å². The summed E-state index contributed by atoms with van der Waals surface area (Å²) in [7, 11) is 1.75. The van der Waals surface area contributed by atoms with Gasteiger partial charge in [0, 0.05) is 62.3 Å². The maximum atomic E-state index is 6.55. The molecule has 3 N–H and O–H groups in total. The van der Waals surface area contributed by atoms with Crippen molar-refractivity contribution in [2.75, 3.05) is 44.1 Å². The van der Waals surface area contributed by atoms with E-state index in [2.05, 4.69) is 45.0 Å². The SMILES string of the molecule is COCC(C)NC1CCC(Nc2cc(-c3cnnc(NCC4(C)CCOCC4)c3)c(Cl)cn2)CC1.